The second kappa shape index (κ2) is 5.07. The number of ether oxygens (including phenoxy) is 1. The molecule has 2 nitrogen and oxygen atoms in total. The Kier molecular flexibility index (Phi) is 4.79. The van der Waals surface area contributed by atoms with Gasteiger partial charge in [-0.1, -0.05) is 0 Å². The molecule has 0 fully saturated rings. The first-order valence-corrected chi connectivity index (χ1v) is 7.63. The van der Waals surface area contributed by atoms with Crippen LogP contribution in [-0.2, 0) is 9.16 Å². The van der Waals surface area contributed by atoms with Gasteiger partial charge < -0.3 is 9.16 Å². The molecular weight excluding hydrogens is 168 g/mol. The van der Waals surface area contributed by atoms with Gasteiger partial charge in [0.05, 0.1) is 6.61 Å². The van der Waals surface area contributed by atoms with E-state index in [0.29, 0.717) is 12.6 Å². The van der Waals surface area contributed by atoms with Crippen molar-refractivity contribution in [3.8, 4) is 0 Å². The quantitative estimate of drug-likeness (QED) is 0.382. The number of hydrogen-bond acceptors (Lipinski definition) is 2. The van der Waals surface area contributed by atoms with Crippen molar-refractivity contribution in [1.82, 2.24) is 0 Å². The number of hydrogen-bond donors (Lipinski definition) is 0. The molecule has 0 saturated heterocycles. The Labute approximate surface area is 76.0 Å². The summed E-state index contributed by atoms with van der Waals surface area (Å²) in [6.07, 6.45) is 1.80. The number of allylic oxidation sites excluding steroid dienone is 1. The fourth-order valence-corrected chi connectivity index (χ4v) is 1.30. The Morgan fingerprint density at radius 1 is 1.42 bits per heavy atom. The molecule has 0 spiro atoms. The summed E-state index contributed by atoms with van der Waals surface area (Å²) in [5.74, 6) is 0.527. The first-order chi connectivity index (χ1) is 5.49. The summed E-state index contributed by atoms with van der Waals surface area (Å²) in [5, 5.41) is 0. The average molecular weight is 186 g/mol. The molecule has 0 aromatic carbocycles. The molecule has 12 heavy (non-hydrogen) atoms. The third-order valence-corrected chi connectivity index (χ3v) is 1.73. The maximum absolute atomic E-state index is 5.61. The van der Waals surface area contributed by atoms with Crippen LogP contribution in [0, 0.1) is 0 Å². The van der Waals surface area contributed by atoms with Crippen molar-refractivity contribution in [3.63, 3.8) is 0 Å². The van der Waals surface area contributed by atoms with E-state index in [4.69, 9.17) is 9.16 Å². The molecule has 0 heterocycles. The third kappa shape index (κ3) is 6.07. The molecule has 0 amide bonds. The van der Waals surface area contributed by atoms with Crippen LogP contribution in [0.3, 0.4) is 0 Å². The van der Waals surface area contributed by atoms with E-state index in [-0.39, 0.29) is 0 Å². The van der Waals surface area contributed by atoms with Crippen LogP contribution in [0.5, 0.6) is 0 Å². The fraction of sp³-hybridized carbons (Fsp3) is 0.667. The lowest BCUT2D eigenvalue weighted by Crippen LogP contribution is -2.25. The topological polar surface area (TPSA) is 18.5 Å². The van der Waals surface area contributed by atoms with E-state index < -0.39 is 8.32 Å². The minimum atomic E-state index is -1.54. The summed E-state index contributed by atoms with van der Waals surface area (Å²) in [4.78, 5) is 0. The van der Waals surface area contributed by atoms with Gasteiger partial charge in [-0.15, -0.1) is 0 Å². The largest absolute Gasteiger partial charge is 0.514 e. The first kappa shape index (κ1) is 11.3. The summed E-state index contributed by atoms with van der Waals surface area (Å²) in [6.45, 7) is 10.8. The maximum Gasteiger partial charge on any atom is 0.313 e. The van der Waals surface area contributed by atoms with Gasteiger partial charge in [0.2, 0.25) is 8.32 Å². The van der Waals surface area contributed by atoms with Gasteiger partial charge >= 0.3 is 5.95 Å². The molecular formula is C9H18O2Si. The smallest absolute Gasteiger partial charge is 0.313 e. The molecule has 0 aliphatic heterocycles. The molecule has 0 rings (SSSR count). The van der Waals surface area contributed by atoms with Crippen molar-refractivity contribution in [1.29, 1.82) is 0 Å². The molecule has 70 valence electrons. The van der Waals surface area contributed by atoms with E-state index in [0.717, 1.165) is 0 Å². The highest BCUT2D eigenvalue weighted by molar-refractivity contribution is 6.69. The molecule has 0 aromatic rings. The van der Waals surface area contributed by atoms with Crippen molar-refractivity contribution < 1.29 is 9.16 Å². The van der Waals surface area contributed by atoms with Crippen LogP contribution in [0.15, 0.2) is 17.8 Å². The highest BCUT2D eigenvalue weighted by Crippen LogP contribution is 2.10. The van der Waals surface area contributed by atoms with E-state index in [1.807, 2.05) is 13.8 Å². The van der Waals surface area contributed by atoms with Gasteiger partial charge in [0.15, 0.2) is 0 Å². The van der Waals surface area contributed by atoms with Crippen LogP contribution in [0.1, 0.15) is 13.8 Å². The maximum atomic E-state index is 5.61. The molecule has 3 heteroatoms. The van der Waals surface area contributed by atoms with Gasteiger partial charge in [-0.25, -0.2) is 0 Å². The highest BCUT2D eigenvalue weighted by Gasteiger charge is 2.17. The Balaban J connectivity index is 4.26. The molecule has 0 aliphatic rings. The van der Waals surface area contributed by atoms with E-state index in [1.165, 1.54) is 0 Å². The molecule has 0 N–H and O–H groups in total. The lowest BCUT2D eigenvalue weighted by Gasteiger charge is -2.19. The number of rotatable bonds is 4. The molecule has 0 aromatic heterocycles. The minimum Gasteiger partial charge on any atom is -0.514 e. The summed E-state index contributed by atoms with van der Waals surface area (Å²) in [7, 11) is -1.54. The average Bonchev–Trinajstić information content (AvgIpc) is 1.84. The van der Waals surface area contributed by atoms with Crippen LogP contribution in [0.2, 0.25) is 19.6 Å². The lowest BCUT2D eigenvalue weighted by molar-refractivity contribution is 0.113. The van der Waals surface area contributed by atoms with Crippen LogP contribution in [-0.4, -0.2) is 14.9 Å². The van der Waals surface area contributed by atoms with E-state index in [1.54, 1.807) is 6.08 Å². The van der Waals surface area contributed by atoms with E-state index >= 15 is 0 Å². The van der Waals surface area contributed by atoms with Gasteiger partial charge in [-0.3, -0.25) is 0 Å². The summed E-state index contributed by atoms with van der Waals surface area (Å²) in [5.41, 5.74) is 2.92. The fourth-order valence-electron chi connectivity index (χ4n) is 0.628. The second-order valence-corrected chi connectivity index (χ2v) is 7.80. The molecule has 0 unspecified atom stereocenters. The van der Waals surface area contributed by atoms with Crippen molar-refractivity contribution >= 4 is 8.32 Å². The second-order valence-electron chi connectivity index (χ2n) is 3.37. The summed E-state index contributed by atoms with van der Waals surface area (Å²) in [6, 6.07) is 0. The Hall–Kier alpha value is -0.663. The molecule has 0 atom stereocenters. The van der Waals surface area contributed by atoms with Gasteiger partial charge in [0.25, 0.3) is 0 Å². The zero-order valence-electron chi connectivity index (χ0n) is 8.60. The first-order valence-electron chi connectivity index (χ1n) is 4.22. The zero-order valence-corrected chi connectivity index (χ0v) is 9.60. The van der Waals surface area contributed by atoms with Gasteiger partial charge in [0.1, 0.15) is 0 Å². The Morgan fingerprint density at radius 3 is 2.33 bits per heavy atom. The minimum absolute atomic E-state index is 0.527. The van der Waals surface area contributed by atoms with Crippen LogP contribution in [0.25, 0.3) is 0 Å². The predicted molar refractivity (Wildman–Crippen MR) is 53.3 cm³/mol. The van der Waals surface area contributed by atoms with Crippen LogP contribution >= 0.6 is 0 Å². The standard InChI is InChI=1S/C9H18O2Si/c1-6-8-9(10-7-2)11-12(3,4)5/h6H,7H2,1-5H3. The van der Waals surface area contributed by atoms with E-state index in [2.05, 4.69) is 25.4 Å². The lowest BCUT2D eigenvalue weighted by atomic mass is 10.7. The van der Waals surface area contributed by atoms with Crippen LogP contribution in [0.4, 0.5) is 0 Å². The summed E-state index contributed by atoms with van der Waals surface area (Å²) >= 11 is 0. The van der Waals surface area contributed by atoms with Gasteiger partial charge in [-0.05, 0) is 45.3 Å². The van der Waals surface area contributed by atoms with Crippen molar-refractivity contribution in [2.45, 2.75) is 33.5 Å². The predicted octanol–water partition coefficient (Wildman–Crippen LogP) is 2.89. The third-order valence-electron chi connectivity index (χ3n) is 0.937. The van der Waals surface area contributed by atoms with E-state index in [9.17, 15) is 0 Å². The highest BCUT2D eigenvalue weighted by atomic mass is 28.4. The molecule has 0 saturated carbocycles. The molecule has 0 bridgehead atoms. The Morgan fingerprint density at radius 2 is 2.00 bits per heavy atom. The Bertz CT molecular complexity index is 185. The molecule has 0 radical (unpaired) electrons. The monoisotopic (exact) mass is 186 g/mol. The van der Waals surface area contributed by atoms with Gasteiger partial charge in [0, 0.05) is 0 Å². The zero-order chi connectivity index (χ0) is 9.61. The van der Waals surface area contributed by atoms with Gasteiger partial charge in [-0.2, -0.15) is 0 Å². The van der Waals surface area contributed by atoms with Crippen molar-refractivity contribution in [3.05, 3.63) is 17.8 Å². The normalized spacial score (nSPS) is 10.1. The van der Waals surface area contributed by atoms with Crippen molar-refractivity contribution in [2.24, 2.45) is 0 Å². The summed E-state index contributed by atoms with van der Waals surface area (Å²) < 4.78 is 10.9. The van der Waals surface area contributed by atoms with Crippen molar-refractivity contribution in [2.75, 3.05) is 6.61 Å². The van der Waals surface area contributed by atoms with Crippen LogP contribution < -0.4 is 0 Å². The SMILES string of the molecule is CC=C=C(OCC)O[Si](C)(C)C. The molecule has 0 aliphatic carbocycles.